The van der Waals surface area contributed by atoms with Gasteiger partial charge in [0, 0.05) is 18.7 Å². The molecule has 2 aromatic carbocycles. The van der Waals surface area contributed by atoms with Gasteiger partial charge in [-0.2, -0.15) is 0 Å². The van der Waals surface area contributed by atoms with Gasteiger partial charge < -0.3 is 4.90 Å². The SMILES string of the molecule is C=CCN(c1ccccc1Cl)S(=O)(=O)c1cccc(C(=O)N2CCS(=O)(=O)CC2)c1. The standard InChI is InChI=1S/C20H21ClN2O5S2/c1-2-10-23(19-9-4-3-8-18(19)21)30(27,28)17-7-5-6-16(15-17)20(24)22-11-13-29(25,26)14-12-22/h2-9,15H,1,10-14H2. The number of halogens is 1. The number of carbonyl (C=O) groups excluding carboxylic acids is 1. The Labute approximate surface area is 181 Å². The quantitative estimate of drug-likeness (QED) is 0.607. The van der Waals surface area contributed by atoms with Crippen LogP contribution in [-0.2, 0) is 19.9 Å². The summed E-state index contributed by atoms with van der Waals surface area (Å²) < 4.78 is 51.0. The van der Waals surface area contributed by atoms with Gasteiger partial charge in [-0.3, -0.25) is 9.10 Å². The van der Waals surface area contributed by atoms with Crippen molar-refractivity contribution in [2.24, 2.45) is 0 Å². The molecule has 0 spiro atoms. The summed E-state index contributed by atoms with van der Waals surface area (Å²) in [7, 11) is -7.17. The van der Waals surface area contributed by atoms with Crippen LogP contribution in [-0.4, -0.2) is 58.8 Å². The molecule has 1 aliphatic heterocycles. The summed E-state index contributed by atoms with van der Waals surface area (Å²) >= 11 is 6.20. The van der Waals surface area contributed by atoms with E-state index in [1.165, 1.54) is 35.2 Å². The summed E-state index contributed by atoms with van der Waals surface area (Å²) in [5, 5.41) is 0.268. The predicted octanol–water partition coefficient (Wildman–Crippen LogP) is 2.59. The number of hydrogen-bond acceptors (Lipinski definition) is 5. The van der Waals surface area contributed by atoms with Crippen LogP contribution in [0.5, 0.6) is 0 Å². The molecule has 0 N–H and O–H groups in total. The van der Waals surface area contributed by atoms with Crippen molar-refractivity contribution < 1.29 is 21.6 Å². The largest absolute Gasteiger partial charge is 0.337 e. The number of benzene rings is 2. The first-order valence-electron chi connectivity index (χ1n) is 9.13. The molecule has 7 nitrogen and oxygen atoms in total. The number of carbonyl (C=O) groups is 1. The molecule has 0 atom stereocenters. The Bertz CT molecular complexity index is 1170. The highest BCUT2D eigenvalue weighted by molar-refractivity contribution is 7.93. The molecule has 1 saturated heterocycles. The maximum Gasteiger partial charge on any atom is 0.264 e. The molecular formula is C20H21ClN2O5S2. The third-order valence-electron chi connectivity index (χ3n) is 4.72. The lowest BCUT2D eigenvalue weighted by Crippen LogP contribution is -2.43. The van der Waals surface area contributed by atoms with E-state index in [9.17, 15) is 21.6 Å². The smallest absolute Gasteiger partial charge is 0.264 e. The number of nitrogens with zero attached hydrogens (tertiary/aromatic N) is 2. The summed E-state index contributed by atoms with van der Waals surface area (Å²) in [4.78, 5) is 14.1. The molecule has 1 heterocycles. The van der Waals surface area contributed by atoms with Gasteiger partial charge in [-0.05, 0) is 30.3 Å². The van der Waals surface area contributed by atoms with Gasteiger partial charge in [0.15, 0.2) is 9.84 Å². The zero-order valence-electron chi connectivity index (χ0n) is 16.1. The van der Waals surface area contributed by atoms with Crippen molar-refractivity contribution in [3.63, 3.8) is 0 Å². The van der Waals surface area contributed by atoms with Crippen molar-refractivity contribution in [2.45, 2.75) is 4.90 Å². The van der Waals surface area contributed by atoms with Crippen LogP contribution in [0.25, 0.3) is 0 Å². The number of sulfonamides is 1. The average molecular weight is 469 g/mol. The van der Waals surface area contributed by atoms with Crippen LogP contribution in [0.3, 0.4) is 0 Å². The van der Waals surface area contributed by atoms with Crippen molar-refractivity contribution in [2.75, 3.05) is 35.4 Å². The molecule has 1 aliphatic rings. The third-order valence-corrected chi connectivity index (χ3v) is 8.42. The van der Waals surface area contributed by atoms with Crippen LogP contribution in [0.1, 0.15) is 10.4 Å². The first-order valence-corrected chi connectivity index (χ1v) is 12.8. The van der Waals surface area contributed by atoms with Crippen molar-refractivity contribution >= 4 is 43.1 Å². The highest BCUT2D eigenvalue weighted by Crippen LogP contribution is 2.30. The van der Waals surface area contributed by atoms with E-state index in [-0.39, 0.29) is 46.6 Å². The van der Waals surface area contributed by atoms with Crippen LogP contribution in [0.4, 0.5) is 5.69 Å². The lowest BCUT2D eigenvalue weighted by atomic mass is 10.2. The van der Waals surface area contributed by atoms with Crippen LogP contribution in [0, 0.1) is 0 Å². The summed E-state index contributed by atoms with van der Waals surface area (Å²) in [6.07, 6.45) is 1.45. The van der Waals surface area contributed by atoms with Crippen LogP contribution in [0.15, 0.2) is 66.1 Å². The maximum absolute atomic E-state index is 13.3. The van der Waals surface area contributed by atoms with Gasteiger partial charge >= 0.3 is 0 Å². The lowest BCUT2D eigenvalue weighted by Gasteiger charge is -2.27. The number of para-hydroxylation sites is 1. The number of hydrogen-bond donors (Lipinski definition) is 0. The number of anilines is 1. The van der Waals surface area contributed by atoms with Gasteiger partial charge in [0.1, 0.15) is 0 Å². The van der Waals surface area contributed by atoms with Crippen LogP contribution in [0.2, 0.25) is 5.02 Å². The van der Waals surface area contributed by atoms with E-state index >= 15 is 0 Å². The molecule has 160 valence electrons. The highest BCUT2D eigenvalue weighted by atomic mass is 35.5. The third kappa shape index (κ3) is 4.69. The monoisotopic (exact) mass is 468 g/mol. The molecule has 1 fully saturated rings. The van der Waals surface area contributed by atoms with Crippen molar-refractivity contribution in [3.05, 3.63) is 71.8 Å². The number of sulfone groups is 1. The molecule has 0 aliphatic carbocycles. The second kappa shape index (κ2) is 8.79. The maximum atomic E-state index is 13.3. The second-order valence-corrected chi connectivity index (χ2v) is 11.3. The second-order valence-electron chi connectivity index (χ2n) is 6.75. The zero-order chi connectivity index (χ0) is 21.9. The molecule has 0 unspecified atom stereocenters. The van der Waals surface area contributed by atoms with Gasteiger partial charge in [0.05, 0.1) is 33.7 Å². The molecule has 3 rings (SSSR count). The van der Waals surface area contributed by atoms with E-state index in [2.05, 4.69) is 6.58 Å². The fourth-order valence-corrected chi connectivity index (χ4v) is 6.10. The van der Waals surface area contributed by atoms with Gasteiger partial charge in [-0.15, -0.1) is 6.58 Å². The van der Waals surface area contributed by atoms with Crippen molar-refractivity contribution in [1.29, 1.82) is 0 Å². The van der Waals surface area contributed by atoms with Crippen molar-refractivity contribution in [1.82, 2.24) is 4.90 Å². The minimum Gasteiger partial charge on any atom is -0.337 e. The summed E-state index contributed by atoms with van der Waals surface area (Å²) in [6.45, 7) is 3.78. The minimum atomic E-state index is -4.03. The van der Waals surface area contributed by atoms with Crippen molar-refractivity contribution in [3.8, 4) is 0 Å². The highest BCUT2D eigenvalue weighted by Gasteiger charge is 2.29. The Kier molecular flexibility index (Phi) is 6.54. The van der Waals surface area contributed by atoms with Gasteiger partial charge in [0.2, 0.25) is 0 Å². The predicted molar refractivity (Wildman–Crippen MR) is 117 cm³/mol. The van der Waals surface area contributed by atoms with E-state index in [1.54, 1.807) is 24.3 Å². The minimum absolute atomic E-state index is 0.00573. The van der Waals surface area contributed by atoms with Gasteiger partial charge in [-0.1, -0.05) is 35.9 Å². The van der Waals surface area contributed by atoms with E-state index in [1.807, 2.05) is 0 Å². The normalized spacial score (nSPS) is 16.1. The number of amides is 1. The Morgan fingerprint density at radius 3 is 2.43 bits per heavy atom. The zero-order valence-corrected chi connectivity index (χ0v) is 18.5. The fraction of sp³-hybridized carbons (Fsp3) is 0.250. The molecule has 2 aromatic rings. The first-order chi connectivity index (χ1) is 14.2. The molecule has 10 heteroatoms. The Balaban J connectivity index is 1.94. The summed E-state index contributed by atoms with van der Waals surface area (Å²) in [5.74, 6) is -0.609. The topological polar surface area (TPSA) is 91.8 Å². The van der Waals surface area contributed by atoms with Crippen LogP contribution < -0.4 is 4.31 Å². The van der Waals surface area contributed by atoms with E-state index in [0.29, 0.717) is 5.69 Å². The van der Waals surface area contributed by atoms with Gasteiger partial charge in [-0.25, -0.2) is 16.8 Å². The molecular weight excluding hydrogens is 448 g/mol. The first kappa shape index (κ1) is 22.3. The molecule has 30 heavy (non-hydrogen) atoms. The Morgan fingerprint density at radius 2 is 1.80 bits per heavy atom. The summed E-state index contributed by atoms with van der Waals surface area (Å²) in [5.41, 5.74) is 0.477. The number of rotatable bonds is 6. The molecule has 0 aromatic heterocycles. The Morgan fingerprint density at radius 1 is 1.13 bits per heavy atom. The summed E-state index contributed by atoms with van der Waals surface area (Å²) in [6, 6.07) is 12.3. The van der Waals surface area contributed by atoms with Gasteiger partial charge in [0.25, 0.3) is 15.9 Å². The lowest BCUT2D eigenvalue weighted by molar-refractivity contribution is 0.0770. The Hall–Kier alpha value is -2.36. The average Bonchev–Trinajstić information content (AvgIpc) is 2.72. The van der Waals surface area contributed by atoms with E-state index in [0.717, 1.165) is 4.31 Å². The fourth-order valence-electron chi connectivity index (χ4n) is 3.11. The molecule has 0 radical (unpaired) electrons. The molecule has 0 saturated carbocycles. The molecule has 0 bridgehead atoms. The van der Waals surface area contributed by atoms with E-state index in [4.69, 9.17) is 11.6 Å². The molecule has 1 amide bonds. The van der Waals surface area contributed by atoms with E-state index < -0.39 is 25.8 Å². The van der Waals surface area contributed by atoms with Crippen LogP contribution >= 0.6 is 11.6 Å².